The van der Waals surface area contributed by atoms with E-state index in [1.807, 2.05) is 59.5 Å². The van der Waals surface area contributed by atoms with E-state index in [-0.39, 0.29) is 17.9 Å². The molecule has 0 aromatic heterocycles. The number of benzene rings is 2. The molecule has 0 saturated carbocycles. The van der Waals surface area contributed by atoms with Gasteiger partial charge in [-0.25, -0.2) is 0 Å². The molecule has 2 aromatic carbocycles. The highest BCUT2D eigenvalue weighted by atomic mass is 16.5. The summed E-state index contributed by atoms with van der Waals surface area (Å²) in [7, 11) is 0. The zero-order valence-corrected chi connectivity index (χ0v) is 17.1. The van der Waals surface area contributed by atoms with E-state index in [4.69, 9.17) is 4.74 Å². The highest BCUT2D eigenvalue weighted by molar-refractivity contribution is 5.95. The first-order valence-corrected chi connectivity index (χ1v) is 10.6. The van der Waals surface area contributed by atoms with Gasteiger partial charge in [-0.2, -0.15) is 0 Å². The van der Waals surface area contributed by atoms with E-state index in [1.165, 1.54) is 12.8 Å². The van der Waals surface area contributed by atoms with E-state index < -0.39 is 0 Å². The van der Waals surface area contributed by atoms with Crippen LogP contribution in [0.3, 0.4) is 0 Å². The van der Waals surface area contributed by atoms with Crippen molar-refractivity contribution in [3.63, 3.8) is 0 Å². The molecule has 5 nitrogen and oxygen atoms in total. The lowest BCUT2D eigenvalue weighted by Gasteiger charge is -2.32. The van der Waals surface area contributed by atoms with Crippen molar-refractivity contribution in [3.8, 4) is 5.75 Å². The molecule has 1 aliphatic heterocycles. The second-order valence-corrected chi connectivity index (χ2v) is 7.49. The number of unbranched alkanes of at least 4 members (excludes halogenated alkanes) is 2. The summed E-state index contributed by atoms with van der Waals surface area (Å²) in [5.74, 6) is 0.792. The van der Waals surface area contributed by atoms with Gasteiger partial charge in [0.25, 0.3) is 11.8 Å². The zero-order valence-electron chi connectivity index (χ0n) is 17.1. The molecule has 0 aliphatic carbocycles. The summed E-state index contributed by atoms with van der Waals surface area (Å²) in [6, 6.07) is 16.7. The molecule has 2 amide bonds. The number of carbonyl (C=O) groups excluding carboxylic acids is 2. The molecule has 1 N–H and O–H groups in total. The Labute approximate surface area is 173 Å². The molecule has 29 heavy (non-hydrogen) atoms. The van der Waals surface area contributed by atoms with Gasteiger partial charge in [-0.15, -0.1) is 0 Å². The highest BCUT2D eigenvalue weighted by Gasteiger charge is 2.24. The molecule has 2 aromatic rings. The first kappa shape index (κ1) is 20.9. The SMILES string of the molecule is CCCCCOc1ccc(C(=O)N2CCC(NC(=O)c3ccccc3)CC2)cc1. The van der Waals surface area contributed by atoms with Gasteiger partial charge in [0.2, 0.25) is 0 Å². The molecule has 0 bridgehead atoms. The predicted molar refractivity (Wildman–Crippen MR) is 114 cm³/mol. The molecule has 3 rings (SSSR count). The van der Waals surface area contributed by atoms with E-state index in [0.29, 0.717) is 30.8 Å². The van der Waals surface area contributed by atoms with E-state index in [0.717, 1.165) is 25.0 Å². The van der Waals surface area contributed by atoms with E-state index >= 15 is 0 Å². The van der Waals surface area contributed by atoms with Crippen molar-refractivity contribution in [3.05, 3.63) is 65.7 Å². The molecule has 5 heteroatoms. The predicted octanol–water partition coefficient (Wildman–Crippen LogP) is 4.29. The van der Waals surface area contributed by atoms with Gasteiger partial charge in [0.05, 0.1) is 6.61 Å². The van der Waals surface area contributed by atoms with Crippen LogP contribution in [0.25, 0.3) is 0 Å². The van der Waals surface area contributed by atoms with Crippen molar-refractivity contribution in [2.45, 2.75) is 45.1 Å². The third kappa shape index (κ3) is 6.08. The summed E-state index contributed by atoms with van der Waals surface area (Å²) < 4.78 is 5.71. The normalized spacial score (nSPS) is 14.4. The van der Waals surface area contributed by atoms with Crippen LogP contribution in [0.4, 0.5) is 0 Å². The van der Waals surface area contributed by atoms with Gasteiger partial charge in [-0.05, 0) is 55.7 Å². The summed E-state index contributed by atoms with van der Waals surface area (Å²) in [6.45, 7) is 4.17. The number of nitrogens with one attached hydrogen (secondary N) is 1. The summed E-state index contributed by atoms with van der Waals surface area (Å²) in [4.78, 5) is 26.9. The molecule has 0 unspecified atom stereocenters. The lowest BCUT2D eigenvalue weighted by Crippen LogP contribution is -2.46. The molecular formula is C24H30N2O3. The van der Waals surface area contributed by atoms with Gasteiger partial charge in [0.15, 0.2) is 0 Å². The van der Waals surface area contributed by atoms with Crippen molar-refractivity contribution >= 4 is 11.8 Å². The molecular weight excluding hydrogens is 364 g/mol. The minimum absolute atomic E-state index is 0.0374. The molecule has 0 spiro atoms. The lowest BCUT2D eigenvalue weighted by atomic mass is 10.0. The third-order valence-corrected chi connectivity index (χ3v) is 5.27. The van der Waals surface area contributed by atoms with E-state index in [1.54, 1.807) is 0 Å². The summed E-state index contributed by atoms with van der Waals surface area (Å²) in [5, 5.41) is 3.08. The van der Waals surface area contributed by atoms with Crippen molar-refractivity contribution in [2.75, 3.05) is 19.7 Å². The van der Waals surface area contributed by atoms with E-state index in [2.05, 4.69) is 12.2 Å². The van der Waals surface area contributed by atoms with Gasteiger partial charge in [0.1, 0.15) is 5.75 Å². The average Bonchev–Trinajstić information content (AvgIpc) is 2.78. The van der Waals surface area contributed by atoms with Gasteiger partial charge in [-0.1, -0.05) is 38.0 Å². The van der Waals surface area contributed by atoms with Crippen molar-refractivity contribution in [1.29, 1.82) is 0 Å². The van der Waals surface area contributed by atoms with Gasteiger partial charge < -0.3 is 15.0 Å². The number of amides is 2. The van der Waals surface area contributed by atoms with Crippen molar-refractivity contribution < 1.29 is 14.3 Å². The minimum atomic E-state index is -0.0510. The number of nitrogens with zero attached hydrogens (tertiary/aromatic N) is 1. The Bertz CT molecular complexity index is 782. The fourth-order valence-electron chi connectivity index (χ4n) is 3.50. The van der Waals surface area contributed by atoms with Crippen LogP contribution in [-0.4, -0.2) is 42.5 Å². The Morgan fingerprint density at radius 3 is 2.31 bits per heavy atom. The molecule has 154 valence electrons. The summed E-state index contributed by atoms with van der Waals surface area (Å²) in [5.41, 5.74) is 1.35. The van der Waals surface area contributed by atoms with Crippen LogP contribution in [0.15, 0.2) is 54.6 Å². The van der Waals surface area contributed by atoms with Crippen LogP contribution in [0.1, 0.15) is 59.7 Å². The van der Waals surface area contributed by atoms with Gasteiger partial charge in [-0.3, -0.25) is 9.59 Å². The number of rotatable bonds is 8. The number of ether oxygens (including phenoxy) is 1. The Morgan fingerprint density at radius 2 is 1.66 bits per heavy atom. The second-order valence-electron chi connectivity index (χ2n) is 7.49. The lowest BCUT2D eigenvalue weighted by molar-refractivity contribution is 0.0698. The maximum absolute atomic E-state index is 12.8. The first-order valence-electron chi connectivity index (χ1n) is 10.6. The number of piperidine rings is 1. The third-order valence-electron chi connectivity index (χ3n) is 5.27. The molecule has 1 aliphatic rings. The van der Waals surface area contributed by atoms with Crippen LogP contribution in [0.2, 0.25) is 0 Å². The maximum Gasteiger partial charge on any atom is 0.253 e. The minimum Gasteiger partial charge on any atom is -0.494 e. The largest absolute Gasteiger partial charge is 0.494 e. The monoisotopic (exact) mass is 394 g/mol. The fraction of sp³-hybridized carbons (Fsp3) is 0.417. The molecule has 1 saturated heterocycles. The van der Waals surface area contributed by atoms with Crippen molar-refractivity contribution in [2.24, 2.45) is 0 Å². The number of hydrogen-bond donors (Lipinski definition) is 1. The molecule has 1 fully saturated rings. The topological polar surface area (TPSA) is 58.6 Å². The van der Waals surface area contributed by atoms with Gasteiger partial charge in [0, 0.05) is 30.3 Å². The fourth-order valence-corrected chi connectivity index (χ4v) is 3.50. The van der Waals surface area contributed by atoms with Crippen LogP contribution in [0.5, 0.6) is 5.75 Å². The quantitative estimate of drug-likeness (QED) is 0.680. The van der Waals surface area contributed by atoms with Crippen LogP contribution in [0, 0.1) is 0 Å². The number of hydrogen-bond acceptors (Lipinski definition) is 3. The second kappa shape index (κ2) is 10.6. The standard InChI is InChI=1S/C24H30N2O3/c1-2-3-7-18-29-22-12-10-20(11-13-22)24(28)26-16-14-21(15-17-26)25-23(27)19-8-5-4-6-9-19/h4-6,8-13,21H,2-3,7,14-18H2,1H3,(H,25,27). The van der Waals surface area contributed by atoms with Crippen LogP contribution < -0.4 is 10.1 Å². The van der Waals surface area contributed by atoms with Crippen LogP contribution in [-0.2, 0) is 0 Å². The Hall–Kier alpha value is -2.82. The Balaban J connectivity index is 1.45. The maximum atomic E-state index is 12.8. The van der Waals surface area contributed by atoms with Crippen LogP contribution >= 0.6 is 0 Å². The zero-order chi connectivity index (χ0) is 20.5. The smallest absolute Gasteiger partial charge is 0.253 e. The van der Waals surface area contributed by atoms with Crippen molar-refractivity contribution in [1.82, 2.24) is 10.2 Å². The Kier molecular flexibility index (Phi) is 7.68. The first-order chi connectivity index (χ1) is 14.2. The van der Waals surface area contributed by atoms with Gasteiger partial charge >= 0.3 is 0 Å². The number of likely N-dealkylation sites (tertiary alicyclic amines) is 1. The molecule has 0 atom stereocenters. The molecule has 1 heterocycles. The highest BCUT2D eigenvalue weighted by Crippen LogP contribution is 2.18. The summed E-state index contributed by atoms with van der Waals surface area (Å²) >= 11 is 0. The molecule has 0 radical (unpaired) electrons. The summed E-state index contributed by atoms with van der Waals surface area (Å²) in [6.07, 6.45) is 4.92. The average molecular weight is 395 g/mol. The number of carbonyl (C=O) groups is 2. The Morgan fingerprint density at radius 1 is 0.966 bits per heavy atom. The van der Waals surface area contributed by atoms with E-state index in [9.17, 15) is 9.59 Å².